The van der Waals surface area contributed by atoms with Crippen molar-refractivity contribution in [3.05, 3.63) is 71.8 Å². The number of anilines is 1. The van der Waals surface area contributed by atoms with Crippen LogP contribution in [0.2, 0.25) is 5.02 Å². The summed E-state index contributed by atoms with van der Waals surface area (Å²) >= 11 is 5.87. The van der Waals surface area contributed by atoms with Crippen LogP contribution in [0.1, 0.15) is 5.56 Å². The van der Waals surface area contributed by atoms with Crippen LogP contribution in [0, 0.1) is 0 Å². The van der Waals surface area contributed by atoms with E-state index in [0.717, 1.165) is 5.56 Å². The molecule has 2 amide bonds. The SMILES string of the molecule is C=CC(=O)Nc1ccccc1CC(=O)NCCOc1cccc(Cl)c1. The number of para-hydroxylation sites is 1. The molecule has 2 aromatic carbocycles. The second kappa shape index (κ2) is 9.49. The van der Waals surface area contributed by atoms with E-state index in [1.807, 2.05) is 6.07 Å². The lowest BCUT2D eigenvalue weighted by Crippen LogP contribution is -2.29. The second-order valence-electron chi connectivity index (χ2n) is 5.18. The van der Waals surface area contributed by atoms with Crippen molar-refractivity contribution in [2.24, 2.45) is 0 Å². The number of halogens is 1. The number of rotatable bonds is 8. The van der Waals surface area contributed by atoms with Gasteiger partial charge in [0, 0.05) is 10.7 Å². The molecule has 2 rings (SSSR count). The van der Waals surface area contributed by atoms with Crippen LogP contribution in [0.15, 0.2) is 61.2 Å². The van der Waals surface area contributed by atoms with Crippen LogP contribution in [0.3, 0.4) is 0 Å². The Morgan fingerprint density at radius 3 is 2.72 bits per heavy atom. The molecule has 0 fully saturated rings. The summed E-state index contributed by atoms with van der Waals surface area (Å²) in [6, 6.07) is 14.2. The van der Waals surface area contributed by atoms with Gasteiger partial charge in [-0.1, -0.05) is 42.4 Å². The molecular formula is C19H19ClN2O3. The van der Waals surface area contributed by atoms with E-state index in [2.05, 4.69) is 17.2 Å². The van der Waals surface area contributed by atoms with Crippen molar-refractivity contribution < 1.29 is 14.3 Å². The molecule has 0 atom stereocenters. The summed E-state index contributed by atoms with van der Waals surface area (Å²) in [6.07, 6.45) is 1.34. The summed E-state index contributed by atoms with van der Waals surface area (Å²) < 4.78 is 5.51. The maximum absolute atomic E-state index is 12.1. The molecule has 2 aromatic rings. The van der Waals surface area contributed by atoms with Gasteiger partial charge in [-0.25, -0.2) is 0 Å². The van der Waals surface area contributed by atoms with Crippen LogP contribution in [0.5, 0.6) is 5.75 Å². The zero-order chi connectivity index (χ0) is 18.1. The average molecular weight is 359 g/mol. The third-order valence-corrected chi connectivity index (χ3v) is 3.54. The van der Waals surface area contributed by atoms with E-state index < -0.39 is 0 Å². The Bertz CT molecular complexity index is 762. The van der Waals surface area contributed by atoms with Crippen LogP contribution in [-0.2, 0) is 16.0 Å². The minimum Gasteiger partial charge on any atom is -0.492 e. The van der Waals surface area contributed by atoms with Crippen LogP contribution in [-0.4, -0.2) is 25.0 Å². The van der Waals surface area contributed by atoms with Crippen LogP contribution in [0.25, 0.3) is 0 Å². The summed E-state index contributed by atoms with van der Waals surface area (Å²) in [6.45, 7) is 4.12. The summed E-state index contributed by atoms with van der Waals surface area (Å²) in [5, 5.41) is 6.06. The Balaban J connectivity index is 1.80. The first-order chi connectivity index (χ1) is 12.1. The highest BCUT2D eigenvalue weighted by atomic mass is 35.5. The first-order valence-corrected chi connectivity index (χ1v) is 8.12. The van der Waals surface area contributed by atoms with Gasteiger partial charge in [0.15, 0.2) is 0 Å². The van der Waals surface area contributed by atoms with Gasteiger partial charge in [0.1, 0.15) is 12.4 Å². The number of carbonyl (C=O) groups excluding carboxylic acids is 2. The van der Waals surface area contributed by atoms with E-state index in [1.54, 1.807) is 42.5 Å². The molecule has 0 bridgehead atoms. The molecule has 0 radical (unpaired) electrons. The third kappa shape index (κ3) is 6.31. The molecule has 0 aliphatic carbocycles. The maximum atomic E-state index is 12.1. The Morgan fingerprint density at radius 2 is 1.96 bits per heavy atom. The number of ether oxygens (including phenoxy) is 1. The molecule has 2 N–H and O–H groups in total. The zero-order valence-electron chi connectivity index (χ0n) is 13.6. The third-order valence-electron chi connectivity index (χ3n) is 3.30. The Kier molecular flexibility index (Phi) is 7.04. The lowest BCUT2D eigenvalue weighted by Gasteiger charge is -2.11. The summed E-state index contributed by atoms with van der Waals surface area (Å²) in [5.74, 6) is 0.178. The van der Waals surface area contributed by atoms with Crippen molar-refractivity contribution in [2.45, 2.75) is 6.42 Å². The fraction of sp³-hybridized carbons (Fsp3) is 0.158. The largest absolute Gasteiger partial charge is 0.492 e. The van der Waals surface area contributed by atoms with Gasteiger partial charge in [-0.2, -0.15) is 0 Å². The van der Waals surface area contributed by atoms with Crippen LogP contribution in [0.4, 0.5) is 5.69 Å². The fourth-order valence-corrected chi connectivity index (χ4v) is 2.31. The molecule has 130 valence electrons. The Morgan fingerprint density at radius 1 is 1.16 bits per heavy atom. The average Bonchev–Trinajstić information content (AvgIpc) is 2.60. The first-order valence-electron chi connectivity index (χ1n) is 7.75. The Labute approximate surface area is 151 Å². The van der Waals surface area contributed by atoms with Crippen LogP contribution < -0.4 is 15.4 Å². The molecule has 5 nitrogen and oxygen atoms in total. The molecule has 0 saturated carbocycles. The van der Waals surface area contributed by atoms with Crippen LogP contribution >= 0.6 is 11.6 Å². The van der Waals surface area contributed by atoms with E-state index in [1.165, 1.54) is 6.08 Å². The molecule has 0 saturated heterocycles. The molecule has 0 spiro atoms. The summed E-state index contributed by atoms with van der Waals surface area (Å²) in [4.78, 5) is 23.5. The normalized spacial score (nSPS) is 9.96. The monoisotopic (exact) mass is 358 g/mol. The molecule has 0 aromatic heterocycles. The minimum absolute atomic E-state index is 0.157. The van der Waals surface area contributed by atoms with Gasteiger partial charge in [0.2, 0.25) is 11.8 Å². The van der Waals surface area contributed by atoms with Gasteiger partial charge in [-0.15, -0.1) is 0 Å². The van der Waals surface area contributed by atoms with Gasteiger partial charge >= 0.3 is 0 Å². The lowest BCUT2D eigenvalue weighted by atomic mass is 10.1. The number of amides is 2. The van der Waals surface area contributed by atoms with Gasteiger partial charge in [0.05, 0.1) is 13.0 Å². The van der Waals surface area contributed by atoms with Gasteiger partial charge in [-0.3, -0.25) is 9.59 Å². The standard InChI is InChI=1S/C19H19ClN2O3/c1-2-18(23)22-17-9-4-3-6-14(17)12-19(24)21-10-11-25-16-8-5-7-15(20)13-16/h2-9,13H,1,10-12H2,(H,21,24)(H,22,23). The minimum atomic E-state index is -0.317. The molecule has 0 unspecified atom stereocenters. The summed E-state index contributed by atoms with van der Waals surface area (Å²) in [5.41, 5.74) is 1.32. The predicted octanol–water partition coefficient (Wildman–Crippen LogP) is 3.20. The van der Waals surface area contributed by atoms with E-state index in [9.17, 15) is 9.59 Å². The smallest absolute Gasteiger partial charge is 0.247 e. The van der Waals surface area contributed by atoms with Crippen molar-refractivity contribution in [3.63, 3.8) is 0 Å². The van der Waals surface area contributed by atoms with E-state index >= 15 is 0 Å². The number of hydrogen-bond acceptors (Lipinski definition) is 3. The van der Waals surface area contributed by atoms with Crippen molar-refractivity contribution in [3.8, 4) is 5.75 Å². The highest BCUT2D eigenvalue weighted by molar-refractivity contribution is 6.30. The fourth-order valence-electron chi connectivity index (χ4n) is 2.13. The number of hydrogen-bond donors (Lipinski definition) is 2. The Hall–Kier alpha value is -2.79. The number of nitrogens with one attached hydrogen (secondary N) is 2. The molecule has 25 heavy (non-hydrogen) atoms. The van der Waals surface area contributed by atoms with E-state index in [0.29, 0.717) is 29.6 Å². The lowest BCUT2D eigenvalue weighted by molar-refractivity contribution is -0.120. The predicted molar refractivity (Wildman–Crippen MR) is 98.9 cm³/mol. The van der Waals surface area contributed by atoms with Crippen molar-refractivity contribution in [1.82, 2.24) is 5.32 Å². The zero-order valence-corrected chi connectivity index (χ0v) is 14.4. The quantitative estimate of drug-likeness (QED) is 0.562. The highest BCUT2D eigenvalue weighted by Gasteiger charge is 2.09. The number of benzene rings is 2. The maximum Gasteiger partial charge on any atom is 0.247 e. The van der Waals surface area contributed by atoms with Crippen molar-refractivity contribution in [2.75, 3.05) is 18.5 Å². The molecule has 6 heteroatoms. The molecule has 0 aliphatic heterocycles. The first kappa shape index (κ1) is 18.5. The molecule has 0 heterocycles. The summed E-state index contributed by atoms with van der Waals surface area (Å²) in [7, 11) is 0. The second-order valence-corrected chi connectivity index (χ2v) is 5.62. The van der Waals surface area contributed by atoms with Gasteiger partial charge < -0.3 is 15.4 Å². The van der Waals surface area contributed by atoms with E-state index in [4.69, 9.17) is 16.3 Å². The molecular weight excluding hydrogens is 340 g/mol. The van der Waals surface area contributed by atoms with Crippen molar-refractivity contribution in [1.29, 1.82) is 0 Å². The van der Waals surface area contributed by atoms with E-state index in [-0.39, 0.29) is 18.2 Å². The van der Waals surface area contributed by atoms with Gasteiger partial charge in [0.25, 0.3) is 0 Å². The topological polar surface area (TPSA) is 67.4 Å². The number of carbonyl (C=O) groups is 2. The highest BCUT2D eigenvalue weighted by Crippen LogP contribution is 2.17. The molecule has 0 aliphatic rings. The van der Waals surface area contributed by atoms with Gasteiger partial charge in [-0.05, 0) is 35.9 Å². The van der Waals surface area contributed by atoms with Crippen molar-refractivity contribution >= 4 is 29.1 Å².